The summed E-state index contributed by atoms with van der Waals surface area (Å²) in [6.07, 6.45) is 0. The van der Waals surface area contributed by atoms with Crippen LogP contribution in [0.3, 0.4) is 0 Å². The maximum Gasteiger partial charge on any atom is 0.351 e. The number of benzene rings is 1. The monoisotopic (exact) mass is 321 g/mol. The fraction of sp³-hybridized carbons (Fsp3) is 0.0909. The Morgan fingerprint density at radius 3 is 2.61 bits per heavy atom. The third kappa shape index (κ3) is 2.62. The minimum atomic E-state index is -0.510. The van der Waals surface area contributed by atoms with Crippen molar-refractivity contribution in [1.82, 2.24) is 4.98 Å². The minimum Gasteiger partial charge on any atom is -0.465 e. The van der Waals surface area contributed by atoms with Gasteiger partial charge in [0.2, 0.25) is 0 Å². The number of halogens is 3. The standard InChI is InChI=1S/C11H6Cl3NO2S/c1-17-11(16)8-9(14)15-10(18-8)5-2-3-6(12)7(13)4-5/h2-4H,1H3. The van der Waals surface area contributed by atoms with Crippen LogP contribution >= 0.6 is 46.1 Å². The van der Waals surface area contributed by atoms with Gasteiger partial charge in [-0.2, -0.15) is 0 Å². The molecule has 1 aromatic heterocycles. The highest BCUT2D eigenvalue weighted by molar-refractivity contribution is 7.17. The Hall–Kier alpha value is -0.810. The number of esters is 1. The highest BCUT2D eigenvalue weighted by Gasteiger charge is 2.18. The van der Waals surface area contributed by atoms with Crippen LogP contribution in [0.4, 0.5) is 0 Å². The molecule has 0 aliphatic rings. The van der Waals surface area contributed by atoms with Crippen LogP contribution in [0.15, 0.2) is 18.2 Å². The summed E-state index contributed by atoms with van der Waals surface area (Å²) in [5.74, 6) is -0.510. The van der Waals surface area contributed by atoms with Gasteiger partial charge in [-0.1, -0.05) is 40.9 Å². The molecule has 3 nitrogen and oxygen atoms in total. The van der Waals surface area contributed by atoms with Crippen molar-refractivity contribution in [2.75, 3.05) is 7.11 Å². The summed E-state index contributed by atoms with van der Waals surface area (Å²) >= 11 is 18.8. The van der Waals surface area contributed by atoms with Crippen molar-refractivity contribution in [1.29, 1.82) is 0 Å². The molecule has 0 spiro atoms. The second kappa shape index (κ2) is 5.45. The first-order valence-corrected chi connectivity index (χ1v) is 6.68. The van der Waals surface area contributed by atoms with Crippen molar-refractivity contribution in [3.8, 4) is 10.6 Å². The van der Waals surface area contributed by atoms with Crippen LogP contribution in [0, 0.1) is 0 Å². The summed E-state index contributed by atoms with van der Waals surface area (Å²) < 4.78 is 4.61. The molecule has 1 heterocycles. The van der Waals surface area contributed by atoms with Crippen LogP contribution in [0.25, 0.3) is 10.6 Å². The van der Waals surface area contributed by atoms with Gasteiger partial charge in [-0.25, -0.2) is 9.78 Å². The normalized spacial score (nSPS) is 10.4. The van der Waals surface area contributed by atoms with E-state index in [0.29, 0.717) is 15.1 Å². The zero-order valence-electron chi connectivity index (χ0n) is 9.04. The molecular weight excluding hydrogens is 317 g/mol. The van der Waals surface area contributed by atoms with Gasteiger partial charge >= 0.3 is 5.97 Å². The number of carbonyl (C=O) groups is 1. The van der Waals surface area contributed by atoms with Crippen molar-refractivity contribution in [2.24, 2.45) is 0 Å². The highest BCUT2D eigenvalue weighted by atomic mass is 35.5. The van der Waals surface area contributed by atoms with E-state index in [9.17, 15) is 4.79 Å². The Labute approximate surface area is 122 Å². The zero-order chi connectivity index (χ0) is 13.3. The molecule has 0 atom stereocenters. The molecule has 0 aliphatic carbocycles. The summed E-state index contributed by atoms with van der Waals surface area (Å²) in [5, 5.41) is 1.57. The Morgan fingerprint density at radius 1 is 1.28 bits per heavy atom. The molecule has 0 aliphatic heterocycles. The molecule has 7 heteroatoms. The predicted octanol–water partition coefficient (Wildman–Crippen LogP) is 4.56. The Balaban J connectivity index is 2.45. The van der Waals surface area contributed by atoms with Gasteiger partial charge in [0.25, 0.3) is 0 Å². The molecule has 18 heavy (non-hydrogen) atoms. The molecule has 0 saturated carbocycles. The first-order valence-electron chi connectivity index (χ1n) is 4.73. The van der Waals surface area contributed by atoms with E-state index in [1.165, 1.54) is 7.11 Å². The van der Waals surface area contributed by atoms with Crippen molar-refractivity contribution in [2.45, 2.75) is 0 Å². The average Bonchev–Trinajstić information content (AvgIpc) is 2.74. The first-order chi connectivity index (χ1) is 8.52. The van der Waals surface area contributed by atoms with Gasteiger partial charge in [-0.3, -0.25) is 0 Å². The van der Waals surface area contributed by atoms with Gasteiger partial charge in [0.1, 0.15) is 5.01 Å². The van der Waals surface area contributed by atoms with E-state index < -0.39 is 5.97 Å². The molecule has 0 bridgehead atoms. The first kappa shape index (κ1) is 13.6. The van der Waals surface area contributed by atoms with Crippen LogP contribution < -0.4 is 0 Å². The predicted molar refractivity (Wildman–Crippen MR) is 73.9 cm³/mol. The lowest BCUT2D eigenvalue weighted by atomic mass is 10.2. The highest BCUT2D eigenvalue weighted by Crippen LogP contribution is 2.34. The Morgan fingerprint density at radius 2 is 2.00 bits per heavy atom. The van der Waals surface area contributed by atoms with Crippen LogP contribution in [0.5, 0.6) is 0 Å². The number of rotatable bonds is 2. The number of aromatic nitrogens is 1. The number of ether oxygens (including phenoxy) is 1. The zero-order valence-corrected chi connectivity index (χ0v) is 12.1. The van der Waals surface area contributed by atoms with Crippen LogP contribution in [0.2, 0.25) is 15.2 Å². The molecule has 0 amide bonds. The maximum atomic E-state index is 11.4. The van der Waals surface area contributed by atoms with E-state index in [0.717, 1.165) is 16.9 Å². The van der Waals surface area contributed by atoms with Gasteiger partial charge < -0.3 is 4.74 Å². The van der Waals surface area contributed by atoms with Gasteiger partial charge in [0, 0.05) is 5.56 Å². The number of nitrogens with zero attached hydrogens (tertiary/aromatic N) is 1. The molecule has 2 aromatic rings. The second-order valence-electron chi connectivity index (χ2n) is 3.26. The van der Waals surface area contributed by atoms with Crippen LogP contribution in [-0.4, -0.2) is 18.1 Å². The number of hydrogen-bond acceptors (Lipinski definition) is 4. The fourth-order valence-corrected chi connectivity index (χ4v) is 2.77. The second-order valence-corrected chi connectivity index (χ2v) is 5.43. The number of methoxy groups -OCH3 is 1. The molecule has 1 aromatic carbocycles. The van der Waals surface area contributed by atoms with Crippen molar-refractivity contribution < 1.29 is 9.53 Å². The largest absolute Gasteiger partial charge is 0.465 e. The third-order valence-electron chi connectivity index (χ3n) is 2.12. The number of carbonyl (C=O) groups excluding carboxylic acids is 1. The van der Waals surface area contributed by atoms with Crippen LogP contribution in [0.1, 0.15) is 9.67 Å². The van der Waals surface area contributed by atoms with Gasteiger partial charge in [-0.15, -0.1) is 11.3 Å². The number of hydrogen-bond donors (Lipinski definition) is 0. The summed E-state index contributed by atoms with van der Waals surface area (Å²) in [4.78, 5) is 15.8. The summed E-state index contributed by atoms with van der Waals surface area (Å²) in [5.41, 5.74) is 0.742. The average molecular weight is 323 g/mol. The molecule has 94 valence electrons. The van der Waals surface area contributed by atoms with E-state index in [4.69, 9.17) is 34.8 Å². The molecule has 0 fully saturated rings. The van der Waals surface area contributed by atoms with Gasteiger partial charge in [0.15, 0.2) is 10.0 Å². The summed E-state index contributed by atoms with van der Waals surface area (Å²) in [6.45, 7) is 0. The van der Waals surface area contributed by atoms with E-state index in [-0.39, 0.29) is 10.0 Å². The van der Waals surface area contributed by atoms with Crippen LogP contribution in [-0.2, 0) is 4.74 Å². The van der Waals surface area contributed by atoms with E-state index in [2.05, 4.69) is 9.72 Å². The Kier molecular flexibility index (Phi) is 4.12. The molecule has 0 saturated heterocycles. The third-order valence-corrected chi connectivity index (χ3v) is 4.33. The Bertz CT molecular complexity index is 612. The maximum absolute atomic E-state index is 11.4. The lowest BCUT2D eigenvalue weighted by molar-refractivity contribution is 0.0606. The lowest BCUT2D eigenvalue weighted by Crippen LogP contribution is -1.98. The molecule has 0 radical (unpaired) electrons. The van der Waals surface area contributed by atoms with E-state index in [1.807, 2.05) is 0 Å². The molecule has 2 rings (SSSR count). The quantitative estimate of drug-likeness (QED) is 0.761. The fourth-order valence-electron chi connectivity index (χ4n) is 1.27. The smallest absolute Gasteiger partial charge is 0.351 e. The van der Waals surface area contributed by atoms with E-state index in [1.54, 1.807) is 18.2 Å². The van der Waals surface area contributed by atoms with Gasteiger partial charge in [-0.05, 0) is 12.1 Å². The van der Waals surface area contributed by atoms with Gasteiger partial charge in [0.05, 0.1) is 17.2 Å². The topological polar surface area (TPSA) is 39.2 Å². The molecular formula is C11H6Cl3NO2S. The minimum absolute atomic E-state index is 0.118. The van der Waals surface area contributed by atoms with Crippen molar-refractivity contribution in [3.05, 3.63) is 38.3 Å². The lowest BCUT2D eigenvalue weighted by Gasteiger charge is -1.98. The van der Waals surface area contributed by atoms with Crippen molar-refractivity contribution >= 4 is 52.1 Å². The SMILES string of the molecule is COC(=O)c1sc(-c2ccc(Cl)c(Cl)c2)nc1Cl. The molecule has 0 N–H and O–H groups in total. The van der Waals surface area contributed by atoms with Crippen molar-refractivity contribution in [3.63, 3.8) is 0 Å². The van der Waals surface area contributed by atoms with E-state index >= 15 is 0 Å². The molecule has 0 unspecified atom stereocenters. The number of thiazole rings is 1. The summed E-state index contributed by atoms with van der Waals surface area (Å²) in [7, 11) is 1.29. The summed E-state index contributed by atoms with van der Waals surface area (Å²) in [6, 6.07) is 5.08.